The maximum atomic E-state index is 13.1. The van der Waals surface area contributed by atoms with Gasteiger partial charge in [-0.25, -0.2) is 0 Å². The molecule has 0 aromatic heterocycles. The fourth-order valence-electron chi connectivity index (χ4n) is 4.46. The second kappa shape index (κ2) is 6.04. The molecule has 2 heterocycles. The number of hydrogen-bond acceptors (Lipinski definition) is 3. The Kier molecular flexibility index (Phi) is 4.26. The molecule has 0 radical (unpaired) electrons. The molecule has 0 amide bonds. The third-order valence-corrected chi connectivity index (χ3v) is 5.70. The van der Waals surface area contributed by atoms with E-state index in [2.05, 4.69) is 11.9 Å². The van der Waals surface area contributed by atoms with Crippen LogP contribution in [0.15, 0.2) is 12.1 Å². The number of Topliss-reactive ketones (excluding diaryl/α,β-unsaturated/α-hetero) is 1. The van der Waals surface area contributed by atoms with E-state index >= 15 is 0 Å². The lowest BCUT2D eigenvalue weighted by molar-refractivity contribution is 0.0338. The number of ketones is 1. The number of carbonyl (C=O) groups excluding carboxylic acids is 1. The minimum Gasteiger partial charge on any atom is -0.497 e. The molecular formula is C19H27NO2. The molecule has 22 heavy (non-hydrogen) atoms. The first-order chi connectivity index (χ1) is 10.5. The van der Waals surface area contributed by atoms with Gasteiger partial charge in [-0.3, -0.25) is 4.79 Å². The minimum atomic E-state index is 0.192. The van der Waals surface area contributed by atoms with Crippen molar-refractivity contribution in [2.45, 2.75) is 58.0 Å². The van der Waals surface area contributed by atoms with Crippen LogP contribution in [-0.2, 0) is 0 Å². The first-order valence-corrected chi connectivity index (χ1v) is 8.42. The number of piperidine rings is 2. The molecule has 1 aromatic carbocycles. The van der Waals surface area contributed by atoms with E-state index in [-0.39, 0.29) is 5.92 Å². The average molecular weight is 301 g/mol. The third kappa shape index (κ3) is 2.67. The quantitative estimate of drug-likeness (QED) is 0.796. The summed E-state index contributed by atoms with van der Waals surface area (Å²) in [5, 5.41) is 0. The molecule has 2 unspecified atom stereocenters. The van der Waals surface area contributed by atoms with E-state index in [9.17, 15) is 4.79 Å². The molecule has 2 fully saturated rings. The van der Waals surface area contributed by atoms with Gasteiger partial charge in [0.1, 0.15) is 5.75 Å². The maximum absolute atomic E-state index is 13.1. The molecule has 2 bridgehead atoms. The molecule has 0 aliphatic carbocycles. The fourth-order valence-corrected chi connectivity index (χ4v) is 4.46. The zero-order valence-corrected chi connectivity index (χ0v) is 14.2. The summed E-state index contributed by atoms with van der Waals surface area (Å²) in [7, 11) is 3.91. The third-order valence-electron chi connectivity index (χ3n) is 5.70. The number of benzene rings is 1. The van der Waals surface area contributed by atoms with Gasteiger partial charge in [0.2, 0.25) is 0 Å². The van der Waals surface area contributed by atoms with Gasteiger partial charge in [-0.15, -0.1) is 0 Å². The van der Waals surface area contributed by atoms with Gasteiger partial charge in [-0.1, -0.05) is 6.42 Å². The molecule has 2 aliphatic heterocycles. The Morgan fingerprint density at radius 1 is 1.14 bits per heavy atom. The Bertz CT molecular complexity index is 544. The highest BCUT2D eigenvalue weighted by Gasteiger charge is 2.39. The number of ether oxygens (including phenoxy) is 1. The lowest BCUT2D eigenvalue weighted by Gasteiger charge is -2.46. The summed E-state index contributed by atoms with van der Waals surface area (Å²) in [6.07, 6.45) is 5.86. The van der Waals surface area contributed by atoms with Crippen LogP contribution in [0, 0.1) is 19.8 Å². The molecule has 3 nitrogen and oxygen atoms in total. The Morgan fingerprint density at radius 2 is 1.68 bits per heavy atom. The summed E-state index contributed by atoms with van der Waals surface area (Å²) in [6.45, 7) is 4.05. The van der Waals surface area contributed by atoms with Crippen LogP contribution in [0.2, 0.25) is 0 Å². The van der Waals surface area contributed by atoms with Crippen LogP contribution < -0.4 is 4.74 Å². The van der Waals surface area contributed by atoms with Gasteiger partial charge in [-0.2, -0.15) is 0 Å². The van der Waals surface area contributed by atoms with Crippen molar-refractivity contribution in [3.63, 3.8) is 0 Å². The van der Waals surface area contributed by atoms with Crippen LogP contribution in [-0.4, -0.2) is 36.9 Å². The van der Waals surface area contributed by atoms with E-state index in [4.69, 9.17) is 4.74 Å². The molecule has 2 aliphatic rings. The van der Waals surface area contributed by atoms with Gasteiger partial charge >= 0.3 is 0 Å². The van der Waals surface area contributed by atoms with E-state index in [0.717, 1.165) is 35.3 Å². The zero-order valence-electron chi connectivity index (χ0n) is 14.2. The number of aryl methyl sites for hydroxylation is 2. The summed E-state index contributed by atoms with van der Waals surface area (Å²) < 4.78 is 5.31. The van der Waals surface area contributed by atoms with Crippen molar-refractivity contribution >= 4 is 5.78 Å². The van der Waals surface area contributed by atoms with Gasteiger partial charge in [0.25, 0.3) is 0 Å². The molecule has 1 aromatic rings. The van der Waals surface area contributed by atoms with Gasteiger partial charge in [-0.05, 0) is 69.8 Å². The van der Waals surface area contributed by atoms with E-state index in [1.54, 1.807) is 7.11 Å². The van der Waals surface area contributed by atoms with Crippen LogP contribution >= 0.6 is 0 Å². The first-order valence-electron chi connectivity index (χ1n) is 8.42. The van der Waals surface area contributed by atoms with Crippen LogP contribution in [0.25, 0.3) is 0 Å². The monoisotopic (exact) mass is 301 g/mol. The highest BCUT2D eigenvalue weighted by Crippen LogP contribution is 2.38. The second-order valence-corrected chi connectivity index (χ2v) is 7.07. The smallest absolute Gasteiger partial charge is 0.166 e. The fraction of sp³-hybridized carbons (Fsp3) is 0.632. The summed E-state index contributed by atoms with van der Waals surface area (Å²) in [5.41, 5.74) is 3.02. The lowest BCUT2D eigenvalue weighted by atomic mass is 9.75. The van der Waals surface area contributed by atoms with Crippen molar-refractivity contribution in [3.05, 3.63) is 28.8 Å². The Morgan fingerprint density at radius 3 is 2.18 bits per heavy atom. The van der Waals surface area contributed by atoms with Crippen LogP contribution in [0.1, 0.15) is 53.6 Å². The van der Waals surface area contributed by atoms with Crippen LogP contribution in [0.4, 0.5) is 0 Å². The van der Waals surface area contributed by atoms with Gasteiger partial charge in [0.15, 0.2) is 5.78 Å². The highest BCUT2D eigenvalue weighted by atomic mass is 16.5. The highest BCUT2D eigenvalue weighted by molar-refractivity contribution is 6.00. The largest absolute Gasteiger partial charge is 0.497 e. The van der Waals surface area contributed by atoms with E-state index < -0.39 is 0 Å². The number of carbonyl (C=O) groups is 1. The predicted molar refractivity (Wildman–Crippen MR) is 88.7 cm³/mol. The summed E-state index contributed by atoms with van der Waals surface area (Å²) >= 11 is 0. The van der Waals surface area contributed by atoms with Crippen molar-refractivity contribution in [2.24, 2.45) is 5.92 Å². The van der Waals surface area contributed by atoms with E-state index in [1.165, 1.54) is 19.3 Å². The molecule has 0 N–H and O–H groups in total. The topological polar surface area (TPSA) is 29.5 Å². The van der Waals surface area contributed by atoms with Crippen molar-refractivity contribution in [1.29, 1.82) is 0 Å². The molecule has 2 atom stereocenters. The van der Waals surface area contributed by atoms with Gasteiger partial charge in [0, 0.05) is 23.6 Å². The summed E-state index contributed by atoms with van der Waals surface area (Å²) in [4.78, 5) is 15.6. The molecule has 2 saturated heterocycles. The zero-order chi connectivity index (χ0) is 15.9. The van der Waals surface area contributed by atoms with Crippen LogP contribution in [0.3, 0.4) is 0 Å². The Hall–Kier alpha value is -1.35. The van der Waals surface area contributed by atoms with E-state index in [1.807, 2.05) is 26.0 Å². The predicted octanol–water partition coefficient (Wildman–Crippen LogP) is 3.76. The minimum absolute atomic E-state index is 0.192. The SMILES string of the molecule is COc1cc(C)c(C(=O)C2CC3CCCC(C2)N3C)c(C)c1. The average Bonchev–Trinajstić information content (AvgIpc) is 2.45. The molecule has 120 valence electrons. The Labute approximate surface area is 133 Å². The normalized spacial score (nSPS) is 28.5. The summed E-state index contributed by atoms with van der Waals surface area (Å²) in [6, 6.07) is 5.16. The van der Waals surface area contributed by atoms with Crippen LogP contribution in [0.5, 0.6) is 5.75 Å². The second-order valence-electron chi connectivity index (χ2n) is 7.07. The Balaban J connectivity index is 1.86. The molecule has 3 heteroatoms. The lowest BCUT2D eigenvalue weighted by Crippen LogP contribution is -2.51. The van der Waals surface area contributed by atoms with Crippen molar-refractivity contribution < 1.29 is 9.53 Å². The maximum Gasteiger partial charge on any atom is 0.166 e. The molecule has 0 saturated carbocycles. The van der Waals surface area contributed by atoms with Crippen molar-refractivity contribution in [1.82, 2.24) is 4.90 Å². The first kappa shape index (κ1) is 15.5. The van der Waals surface area contributed by atoms with Gasteiger partial charge in [0.05, 0.1) is 7.11 Å². The number of nitrogens with zero attached hydrogens (tertiary/aromatic N) is 1. The van der Waals surface area contributed by atoms with Gasteiger partial charge < -0.3 is 9.64 Å². The summed E-state index contributed by atoms with van der Waals surface area (Å²) in [5.74, 6) is 1.38. The molecular weight excluding hydrogens is 274 g/mol. The van der Waals surface area contributed by atoms with Crippen molar-refractivity contribution in [2.75, 3.05) is 14.2 Å². The molecule has 3 rings (SSSR count). The van der Waals surface area contributed by atoms with E-state index in [0.29, 0.717) is 17.9 Å². The molecule has 0 spiro atoms. The number of hydrogen-bond donors (Lipinski definition) is 0. The standard InChI is InChI=1S/C19H27NO2/c1-12-8-17(22-4)9-13(2)18(12)19(21)14-10-15-6-5-7-16(11-14)20(15)3/h8-9,14-16H,5-7,10-11H2,1-4H3. The number of rotatable bonds is 3. The number of methoxy groups -OCH3 is 1. The number of fused-ring (bicyclic) bond motifs is 2. The van der Waals surface area contributed by atoms with Crippen molar-refractivity contribution in [3.8, 4) is 5.75 Å².